The van der Waals surface area contributed by atoms with E-state index in [0.29, 0.717) is 0 Å². The van der Waals surface area contributed by atoms with Gasteiger partial charge in [-0.3, -0.25) is 0 Å². The first-order valence-corrected chi connectivity index (χ1v) is 7.09. The Kier molecular flexibility index (Phi) is 4.78. The Bertz CT molecular complexity index is 469. The van der Waals surface area contributed by atoms with Crippen LogP contribution in [0.3, 0.4) is 0 Å². The van der Waals surface area contributed by atoms with Crippen LogP contribution in [0.25, 0.3) is 0 Å². The van der Waals surface area contributed by atoms with E-state index in [2.05, 4.69) is 32.6 Å². The van der Waals surface area contributed by atoms with Gasteiger partial charge in [-0.25, -0.2) is 15.0 Å². The fraction of sp³-hybridized carbons (Fsp3) is 0.462. The Hall–Kier alpha value is -1.33. The van der Waals surface area contributed by atoms with E-state index in [1.165, 1.54) is 0 Å². The van der Waals surface area contributed by atoms with Crippen molar-refractivity contribution in [1.29, 1.82) is 0 Å². The predicted molar refractivity (Wildman–Crippen MR) is 73.6 cm³/mol. The molecule has 0 saturated carbocycles. The van der Waals surface area contributed by atoms with Gasteiger partial charge in [-0.05, 0) is 26.0 Å². The second kappa shape index (κ2) is 6.56. The molecule has 1 N–H and O–H groups in total. The maximum absolute atomic E-state index is 4.51. The minimum Gasteiger partial charge on any atom is -0.307 e. The highest BCUT2D eigenvalue weighted by Crippen LogP contribution is 2.16. The number of nitrogens with one attached hydrogen (secondary N) is 1. The van der Waals surface area contributed by atoms with Gasteiger partial charge >= 0.3 is 0 Å². The van der Waals surface area contributed by atoms with Crippen molar-refractivity contribution in [2.75, 3.05) is 6.54 Å². The lowest BCUT2D eigenvalue weighted by atomic mass is 10.1. The third kappa shape index (κ3) is 3.58. The van der Waals surface area contributed by atoms with E-state index >= 15 is 0 Å². The quantitative estimate of drug-likeness (QED) is 0.869. The zero-order chi connectivity index (χ0) is 12.8. The summed E-state index contributed by atoms with van der Waals surface area (Å²) in [7, 11) is 0. The number of rotatable bonds is 6. The molecule has 0 aliphatic carbocycles. The molecule has 18 heavy (non-hydrogen) atoms. The molecule has 0 radical (unpaired) electrons. The third-order valence-electron chi connectivity index (χ3n) is 2.62. The zero-order valence-electron chi connectivity index (χ0n) is 10.8. The van der Waals surface area contributed by atoms with Crippen LogP contribution in [0, 0.1) is 6.92 Å². The van der Waals surface area contributed by atoms with E-state index in [1.807, 2.05) is 13.0 Å². The van der Waals surface area contributed by atoms with Gasteiger partial charge in [-0.2, -0.15) is 0 Å². The first-order chi connectivity index (χ1) is 8.79. The summed E-state index contributed by atoms with van der Waals surface area (Å²) in [5, 5.41) is 6.70. The molecule has 2 aromatic heterocycles. The topological polar surface area (TPSA) is 50.7 Å². The Balaban J connectivity index is 2.10. The Labute approximate surface area is 112 Å². The summed E-state index contributed by atoms with van der Waals surface area (Å²) in [4.78, 5) is 13.2. The van der Waals surface area contributed by atoms with Gasteiger partial charge in [-0.1, -0.05) is 6.92 Å². The lowest BCUT2D eigenvalue weighted by Crippen LogP contribution is -2.26. The molecular formula is C13H18N4S. The van der Waals surface area contributed by atoms with Gasteiger partial charge in [0.05, 0.1) is 16.7 Å². The van der Waals surface area contributed by atoms with Crippen LogP contribution >= 0.6 is 11.3 Å². The number of aromatic nitrogens is 3. The van der Waals surface area contributed by atoms with Crippen LogP contribution in [0.1, 0.15) is 35.9 Å². The van der Waals surface area contributed by atoms with Crippen LogP contribution in [0.2, 0.25) is 0 Å². The molecule has 0 saturated heterocycles. The predicted octanol–water partition coefficient (Wildman–Crippen LogP) is 2.52. The van der Waals surface area contributed by atoms with Crippen LogP contribution in [0.15, 0.2) is 23.8 Å². The highest BCUT2D eigenvalue weighted by Gasteiger charge is 2.15. The molecule has 0 amide bonds. The molecule has 2 rings (SSSR count). The van der Waals surface area contributed by atoms with E-state index in [-0.39, 0.29) is 6.04 Å². The summed E-state index contributed by atoms with van der Waals surface area (Å²) >= 11 is 1.69. The molecule has 2 aromatic rings. The molecule has 0 aromatic carbocycles. The van der Waals surface area contributed by atoms with Crippen molar-refractivity contribution in [3.8, 4) is 0 Å². The molecule has 0 aliphatic heterocycles. The van der Waals surface area contributed by atoms with Crippen molar-refractivity contribution in [3.63, 3.8) is 0 Å². The molecule has 0 spiro atoms. The van der Waals surface area contributed by atoms with E-state index in [4.69, 9.17) is 0 Å². The van der Waals surface area contributed by atoms with Crippen molar-refractivity contribution in [2.24, 2.45) is 0 Å². The lowest BCUT2D eigenvalue weighted by molar-refractivity contribution is 0.500. The maximum Gasteiger partial charge on any atom is 0.145 e. The van der Waals surface area contributed by atoms with Crippen molar-refractivity contribution < 1.29 is 0 Å². The van der Waals surface area contributed by atoms with Crippen LogP contribution < -0.4 is 5.32 Å². The zero-order valence-corrected chi connectivity index (χ0v) is 11.6. The fourth-order valence-electron chi connectivity index (χ4n) is 1.78. The number of nitrogens with zero attached hydrogens (tertiary/aromatic N) is 3. The number of aryl methyl sites for hydroxylation is 1. The molecule has 2 heterocycles. The van der Waals surface area contributed by atoms with Gasteiger partial charge in [0.2, 0.25) is 0 Å². The van der Waals surface area contributed by atoms with Crippen LogP contribution in [-0.2, 0) is 6.42 Å². The molecule has 0 fully saturated rings. The highest BCUT2D eigenvalue weighted by molar-refractivity contribution is 7.09. The molecule has 96 valence electrons. The summed E-state index contributed by atoms with van der Waals surface area (Å²) in [6.45, 7) is 5.15. The summed E-state index contributed by atoms with van der Waals surface area (Å²) < 4.78 is 0. The second-order valence-corrected chi connectivity index (χ2v) is 5.24. The third-order valence-corrected chi connectivity index (χ3v) is 3.44. The molecule has 4 nitrogen and oxygen atoms in total. The molecule has 0 aliphatic rings. The van der Waals surface area contributed by atoms with E-state index in [1.54, 1.807) is 23.7 Å². The maximum atomic E-state index is 4.51. The lowest BCUT2D eigenvalue weighted by Gasteiger charge is -2.15. The first kappa shape index (κ1) is 13.1. The van der Waals surface area contributed by atoms with Crippen molar-refractivity contribution in [1.82, 2.24) is 20.3 Å². The van der Waals surface area contributed by atoms with E-state index in [0.717, 1.165) is 35.9 Å². The van der Waals surface area contributed by atoms with Crippen molar-refractivity contribution in [2.45, 2.75) is 32.7 Å². The van der Waals surface area contributed by atoms with Gasteiger partial charge in [0.1, 0.15) is 5.82 Å². The van der Waals surface area contributed by atoms with Crippen LogP contribution in [-0.4, -0.2) is 21.5 Å². The minimum absolute atomic E-state index is 0.146. The highest BCUT2D eigenvalue weighted by atomic mass is 32.1. The van der Waals surface area contributed by atoms with Gasteiger partial charge in [0.15, 0.2) is 0 Å². The molecule has 0 bridgehead atoms. The van der Waals surface area contributed by atoms with Crippen LogP contribution in [0.4, 0.5) is 0 Å². The molecule has 5 heteroatoms. The monoisotopic (exact) mass is 262 g/mol. The molecule has 1 unspecified atom stereocenters. The summed E-state index contributed by atoms with van der Waals surface area (Å²) in [6, 6.07) is 1.99. The van der Waals surface area contributed by atoms with Crippen LogP contribution in [0.5, 0.6) is 0 Å². The first-order valence-electron chi connectivity index (χ1n) is 6.21. The van der Waals surface area contributed by atoms with Crippen molar-refractivity contribution in [3.05, 3.63) is 40.4 Å². The normalized spacial score (nSPS) is 12.6. The molecular weight excluding hydrogens is 244 g/mol. The molecule has 1 atom stereocenters. The van der Waals surface area contributed by atoms with Gasteiger partial charge in [0, 0.05) is 24.2 Å². The number of hydrogen-bond acceptors (Lipinski definition) is 5. The smallest absolute Gasteiger partial charge is 0.145 e. The van der Waals surface area contributed by atoms with Gasteiger partial charge in [0.25, 0.3) is 0 Å². The SMILES string of the molecule is CCCNC(Cc1csc(C)n1)c1ncccn1. The Morgan fingerprint density at radius 2 is 2.11 bits per heavy atom. The summed E-state index contributed by atoms with van der Waals surface area (Å²) in [5.41, 5.74) is 1.11. The van der Waals surface area contributed by atoms with Crippen molar-refractivity contribution >= 4 is 11.3 Å². The summed E-state index contributed by atoms with van der Waals surface area (Å²) in [5.74, 6) is 0.844. The summed E-state index contributed by atoms with van der Waals surface area (Å²) in [6.07, 6.45) is 5.51. The van der Waals surface area contributed by atoms with E-state index < -0.39 is 0 Å². The van der Waals surface area contributed by atoms with E-state index in [9.17, 15) is 0 Å². The minimum atomic E-state index is 0.146. The average Bonchev–Trinajstić information content (AvgIpc) is 2.81. The average molecular weight is 262 g/mol. The second-order valence-electron chi connectivity index (χ2n) is 4.18. The van der Waals surface area contributed by atoms with Gasteiger partial charge in [-0.15, -0.1) is 11.3 Å². The number of hydrogen-bond donors (Lipinski definition) is 1. The number of thiazole rings is 1. The Morgan fingerprint density at radius 1 is 1.33 bits per heavy atom. The fourth-order valence-corrected chi connectivity index (χ4v) is 2.40. The Morgan fingerprint density at radius 3 is 2.72 bits per heavy atom. The van der Waals surface area contributed by atoms with Gasteiger partial charge < -0.3 is 5.32 Å². The standard InChI is InChI=1S/C13H18N4S/c1-3-5-14-12(13-15-6-4-7-16-13)8-11-9-18-10(2)17-11/h4,6-7,9,12,14H,3,5,8H2,1-2H3. The largest absolute Gasteiger partial charge is 0.307 e.